The number of hydrogen-bond acceptors (Lipinski definition) is 4. The van der Waals surface area contributed by atoms with Crippen LogP contribution in [0.4, 0.5) is 17.6 Å². The number of nitrogens with zero attached hydrogens (tertiary/aromatic N) is 2. The van der Waals surface area contributed by atoms with E-state index in [9.17, 15) is 17.6 Å². The van der Waals surface area contributed by atoms with Crippen LogP contribution in [-0.2, 0) is 11.7 Å². The zero-order chi connectivity index (χ0) is 16.5. The van der Waals surface area contributed by atoms with Crippen LogP contribution in [0.25, 0.3) is 0 Å². The van der Waals surface area contributed by atoms with Crippen LogP contribution in [0, 0.1) is 5.82 Å². The summed E-state index contributed by atoms with van der Waals surface area (Å²) >= 11 is 0. The van der Waals surface area contributed by atoms with Crippen LogP contribution in [0.15, 0.2) is 30.5 Å². The summed E-state index contributed by atoms with van der Waals surface area (Å²) in [6.07, 6.45) is -3.63. The van der Waals surface area contributed by atoms with E-state index in [2.05, 4.69) is 9.97 Å². The first-order valence-corrected chi connectivity index (χ1v) is 6.24. The minimum Gasteiger partial charge on any atom is -0.424 e. The highest BCUT2D eigenvalue weighted by Gasteiger charge is 2.30. The molecule has 0 aliphatic heterocycles. The van der Waals surface area contributed by atoms with E-state index in [0.717, 1.165) is 18.3 Å². The number of aromatic nitrogens is 2. The van der Waals surface area contributed by atoms with Gasteiger partial charge < -0.3 is 10.5 Å². The predicted molar refractivity (Wildman–Crippen MR) is 70.7 cm³/mol. The summed E-state index contributed by atoms with van der Waals surface area (Å²) in [7, 11) is 0. The quantitative estimate of drug-likeness (QED) is 0.879. The number of alkyl halides is 3. The van der Waals surface area contributed by atoms with E-state index in [-0.39, 0.29) is 17.5 Å². The lowest BCUT2D eigenvalue weighted by molar-refractivity contribution is -0.137. The van der Waals surface area contributed by atoms with Gasteiger partial charge in [-0.3, -0.25) is 0 Å². The molecule has 0 aliphatic carbocycles. The lowest BCUT2D eigenvalue weighted by Crippen LogP contribution is -2.31. The van der Waals surface area contributed by atoms with Crippen molar-refractivity contribution >= 4 is 0 Å². The van der Waals surface area contributed by atoms with Crippen molar-refractivity contribution < 1.29 is 22.3 Å². The molecule has 0 saturated carbocycles. The molecular formula is C14H13F4N3O. The summed E-state index contributed by atoms with van der Waals surface area (Å²) in [6.45, 7) is 3.07. The molecule has 0 saturated heterocycles. The Kier molecular flexibility index (Phi) is 4.06. The van der Waals surface area contributed by atoms with Gasteiger partial charge in [0.1, 0.15) is 11.4 Å². The summed E-state index contributed by atoms with van der Waals surface area (Å²) in [4.78, 5) is 7.41. The predicted octanol–water partition coefficient (Wildman–Crippen LogP) is 3.62. The molecule has 0 spiro atoms. The van der Waals surface area contributed by atoms with Crippen LogP contribution < -0.4 is 10.5 Å². The van der Waals surface area contributed by atoms with Crippen molar-refractivity contribution in [3.63, 3.8) is 0 Å². The smallest absolute Gasteiger partial charge is 0.416 e. The highest BCUT2D eigenvalue weighted by Crippen LogP contribution is 2.32. The maximum atomic E-state index is 13.6. The molecule has 0 bridgehead atoms. The lowest BCUT2D eigenvalue weighted by atomic mass is 10.0. The number of rotatable bonds is 3. The minimum absolute atomic E-state index is 0.0931. The third-order valence-electron chi connectivity index (χ3n) is 2.70. The highest BCUT2D eigenvalue weighted by atomic mass is 19.4. The van der Waals surface area contributed by atoms with Gasteiger partial charge in [0.15, 0.2) is 5.82 Å². The Hall–Kier alpha value is -2.22. The maximum Gasteiger partial charge on any atom is 0.416 e. The van der Waals surface area contributed by atoms with Gasteiger partial charge in [0, 0.05) is 0 Å². The van der Waals surface area contributed by atoms with Crippen LogP contribution in [-0.4, -0.2) is 9.97 Å². The Morgan fingerprint density at radius 3 is 2.45 bits per heavy atom. The molecule has 1 heterocycles. The van der Waals surface area contributed by atoms with Gasteiger partial charge >= 0.3 is 12.2 Å². The van der Waals surface area contributed by atoms with E-state index in [1.807, 2.05) is 0 Å². The Bertz CT molecular complexity index is 681. The van der Waals surface area contributed by atoms with E-state index >= 15 is 0 Å². The Morgan fingerprint density at radius 2 is 1.86 bits per heavy atom. The first-order chi connectivity index (χ1) is 10.1. The summed E-state index contributed by atoms with van der Waals surface area (Å²) < 4.78 is 56.7. The second-order valence-corrected chi connectivity index (χ2v) is 5.20. The van der Waals surface area contributed by atoms with E-state index < -0.39 is 23.1 Å². The summed E-state index contributed by atoms with van der Waals surface area (Å²) in [5.41, 5.74) is 3.72. The molecule has 8 heteroatoms. The standard InChI is InChI=1S/C14H13F4N3O/c1-13(2,19)11-10(15)7-20-12(21-11)22-9-5-3-4-8(6-9)14(16,17)18/h3-7H,19H2,1-2H3. The van der Waals surface area contributed by atoms with E-state index in [1.165, 1.54) is 26.0 Å². The monoisotopic (exact) mass is 315 g/mol. The molecule has 0 atom stereocenters. The van der Waals surface area contributed by atoms with Crippen molar-refractivity contribution in [1.29, 1.82) is 0 Å². The summed E-state index contributed by atoms with van der Waals surface area (Å²) in [5, 5.41) is 0. The molecule has 118 valence electrons. The maximum absolute atomic E-state index is 13.6. The highest BCUT2D eigenvalue weighted by molar-refractivity contribution is 5.32. The largest absolute Gasteiger partial charge is 0.424 e. The first kappa shape index (κ1) is 16.2. The molecule has 2 rings (SSSR count). The SMILES string of the molecule is CC(C)(N)c1nc(Oc2cccc(C(F)(F)F)c2)ncc1F. The van der Waals surface area contributed by atoms with Crippen molar-refractivity contribution in [1.82, 2.24) is 9.97 Å². The van der Waals surface area contributed by atoms with Gasteiger partial charge in [0.25, 0.3) is 0 Å². The Morgan fingerprint density at radius 1 is 1.18 bits per heavy atom. The molecule has 2 aromatic rings. The second-order valence-electron chi connectivity index (χ2n) is 5.20. The van der Waals surface area contributed by atoms with Crippen LogP contribution in [0.3, 0.4) is 0 Å². The zero-order valence-corrected chi connectivity index (χ0v) is 11.8. The molecule has 4 nitrogen and oxygen atoms in total. The van der Waals surface area contributed by atoms with Crippen molar-refractivity contribution in [2.75, 3.05) is 0 Å². The fourth-order valence-electron chi connectivity index (χ4n) is 1.69. The second kappa shape index (κ2) is 5.53. The molecule has 0 aliphatic rings. The topological polar surface area (TPSA) is 61.0 Å². The fraction of sp³-hybridized carbons (Fsp3) is 0.286. The molecule has 22 heavy (non-hydrogen) atoms. The molecule has 0 unspecified atom stereocenters. The molecule has 0 radical (unpaired) electrons. The van der Waals surface area contributed by atoms with Gasteiger partial charge in [0.05, 0.1) is 17.3 Å². The molecule has 2 N–H and O–H groups in total. The average molecular weight is 315 g/mol. The van der Waals surface area contributed by atoms with Gasteiger partial charge in [-0.2, -0.15) is 18.2 Å². The van der Waals surface area contributed by atoms with Gasteiger partial charge in [-0.15, -0.1) is 0 Å². The van der Waals surface area contributed by atoms with Crippen molar-refractivity contribution in [2.24, 2.45) is 5.73 Å². The number of nitrogens with two attached hydrogens (primary N) is 1. The lowest BCUT2D eigenvalue weighted by Gasteiger charge is -2.18. The zero-order valence-electron chi connectivity index (χ0n) is 11.8. The molecule has 1 aromatic heterocycles. The van der Waals surface area contributed by atoms with Gasteiger partial charge in [0.2, 0.25) is 0 Å². The van der Waals surface area contributed by atoms with Crippen molar-refractivity contribution in [3.05, 3.63) is 47.5 Å². The van der Waals surface area contributed by atoms with Crippen molar-refractivity contribution in [2.45, 2.75) is 25.6 Å². The third-order valence-corrected chi connectivity index (χ3v) is 2.70. The number of benzene rings is 1. The molecule has 1 aromatic carbocycles. The Balaban J connectivity index is 2.32. The van der Waals surface area contributed by atoms with E-state index in [4.69, 9.17) is 10.5 Å². The van der Waals surface area contributed by atoms with Crippen LogP contribution in [0.5, 0.6) is 11.8 Å². The number of halogens is 4. The fourth-order valence-corrected chi connectivity index (χ4v) is 1.69. The molecule has 0 fully saturated rings. The minimum atomic E-state index is -4.49. The number of ether oxygens (including phenoxy) is 1. The molecular weight excluding hydrogens is 302 g/mol. The van der Waals surface area contributed by atoms with Crippen LogP contribution in [0.1, 0.15) is 25.1 Å². The van der Waals surface area contributed by atoms with Crippen LogP contribution in [0.2, 0.25) is 0 Å². The summed E-state index contributed by atoms with van der Waals surface area (Å²) in [5.74, 6) is -0.828. The van der Waals surface area contributed by atoms with E-state index in [1.54, 1.807) is 0 Å². The van der Waals surface area contributed by atoms with E-state index in [0.29, 0.717) is 0 Å². The van der Waals surface area contributed by atoms with Crippen molar-refractivity contribution in [3.8, 4) is 11.8 Å². The Labute approximate surface area is 124 Å². The number of hydrogen-bond donors (Lipinski definition) is 1. The normalized spacial score (nSPS) is 12.3. The first-order valence-electron chi connectivity index (χ1n) is 6.24. The van der Waals surface area contributed by atoms with Gasteiger partial charge in [-0.05, 0) is 32.0 Å². The average Bonchev–Trinajstić information content (AvgIpc) is 2.39. The van der Waals surface area contributed by atoms with Gasteiger partial charge in [-0.25, -0.2) is 9.37 Å². The molecule has 0 amide bonds. The third kappa shape index (κ3) is 3.70. The summed E-state index contributed by atoms with van der Waals surface area (Å²) in [6, 6.07) is 3.94. The van der Waals surface area contributed by atoms with Crippen LogP contribution >= 0.6 is 0 Å². The van der Waals surface area contributed by atoms with Gasteiger partial charge in [-0.1, -0.05) is 6.07 Å².